The molecule has 6 nitrogen and oxygen atoms in total. The molecule has 0 atom stereocenters. The summed E-state index contributed by atoms with van der Waals surface area (Å²) < 4.78 is 1.21. The standard InChI is InChI=1S/C21H22N4O2S/c1-13-7-8-14(2)15(11-13)16-9-10-20(27)25(24-16)12-19(26)23-21-22-17-5-3-4-6-18(17)28-21/h7-11H,3-6,12H2,1-2H3,(H,22,23,26). The van der Waals surface area contributed by atoms with E-state index in [0.29, 0.717) is 10.8 Å². The van der Waals surface area contributed by atoms with Gasteiger partial charge in [0.1, 0.15) is 6.54 Å². The zero-order valence-corrected chi connectivity index (χ0v) is 16.8. The van der Waals surface area contributed by atoms with Gasteiger partial charge in [0.05, 0.1) is 11.4 Å². The Labute approximate surface area is 167 Å². The molecule has 0 saturated carbocycles. The molecule has 1 aliphatic rings. The van der Waals surface area contributed by atoms with Crippen molar-refractivity contribution >= 4 is 22.4 Å². The highest BCUT2D eigenvalue weighted by molar-refractivity contribution is 7.15. The Kier molecular flexibility index (Phi) is 5.09. The highest BCUT2D eigenvalue weighted by Crippen LogP contribution is 2.29. The number of aromatic nitrogens is 3. The number of aryl methyl sites for hydroxylation is 4. The quantitative estimate of drug-likeness (QED) is 0.735. The summed E-state index contributed by atoms with van der Waals surface area (Å²) >= 11 is 1.53. The molecule has 0 fully saturated rings. The second kappa shape index (κ2) is 7.67. The molecular weight excluding hydrogens is 372 g/mol. The number of hydrogen-bond donors (Lipinski definition) is 1. The average molecular weight is 395 g/mol. The number of carbonyl (C=O) groups excluding carboxylic acids is 1. The highest BCUT2D eigenvalue weighted by Gasteiger charge is 2.17. The Balaban J connectivity index is 1.54. The maximum Gasteiger partial charge on any atom is 0.267 e. The van der Waals surface area contributed by atoms with Gasteiger partial charge in [0.15, 0.2) is 5.13 Å². The molecule has 0 aliphatic heterocycles. The summed E-state index contributed by atoms with van der Waals surface area (Å²) in [7, 11) is 0. The van der Waals surface area contributed by atoms with Crippen LogP contribution in [-0.2, 0) is 24.2 Å². The number of fused-ring (bicyclic) bond motifs is 1. The molecule has 144 valence electrons. The molecule has 3 aromatic rings. The monoisotopic (exact) mass is 394 g/mol. The van der Waals surface area contributed by atoms with Gasteiger partial charge >= 0.3 is 0 Å². The maximum absolute atomic E-state index is 12.5. The van der Waals surface area contributed by atoms with E-state index < -0.39 is 0 Å². The normalized spacial score (nSPS) is 13.2. The molecule has 4 rings (SSSR count). The minimum Gasteiger partial charge on any atom is -0.300 e. The lowest BCUT2D eigenvalue weighted by Gasteiger charge is -2.09. The van der Waals surface area contributed by atoms with E-state index >= 15 is 0 Å². The van der Waals surface area contributed by atoms with E-state index in [-0.39, 0.29) is 18.0 Å². The Morgan fingerprint density at radius 3 is 2.82 bits per heavy atom. The molecule has 7 heteroatoms. The van der Waals surface area contributed by atoms with Crippen LogP contribution in [0.3, 0.4) is 0 Å². The summed E-state index contributed by atoms with van der Waals surface area (Å²) in [5.74, 6) is -0.293. The largest absolute Gasteiger partial charge is 0.300 e. The zero-order chi connectivity index (χ0) is 19.7. The van der Waals surface area contributed by atoms with E-state index in [0.717, 1.165) is 41.6 Å². The Bertz CT molecular complexity index is 1080. The minimum absolute atomic E-state index is 0.137. The summed E-state index contributed by atoms with van der Waals surface area (Å²) in [4.78, 5) is 30.5. The molecule has 0 bridgehead atoms. The molecule has 0 saturated heterocycles. The third-order valence-corrected chi connectivity index (χ3v) is 5.99. The average Bonchev–Trinajstić information content (AvgIpc) is 3.07. The van der Waals surface area contributed by atoms with Gasteiger partial charge in [-0.1, -0.05) is 17.7 Å². The third-order valence-electron chi connectivity index (χ3n) is 4.92. The van der Waals surface area contributed by atoms with Crippen molar-refractivity contribution < 1.29 is 4.79 Å². The number of amides is 1. The van der Waals surface area contributed by atoms with Crippen molar-refractivity contribution in [1.29, 1.82) is 0 Å². The highest BCUT2D eigenvalue weighted by atomic mass is 32.1. The van der Waals surface area contributed by atoms with Gasteiger partial charge in [-0.05, 0) is 57.2 Å². The minimum atomic E-state index is -0.303. The SMILES string of the molecule is Cc1ccc(C)c(-c2ccc(=O)n(CC(=O)Nc3nc4c(s3)CCCC4)n2)c1. The van der Waals surface area contributed by atoms with Crippen LogP contribution in [0.2, 0.25) is 0 Å². The first-order chi connectivity index (χ1) is 13.5. The van der Waals surface area contributed by atoms with Gasteiger partial charge in [0.25, 0.3) is 5.56 Å². The van der Waals surface area contributed by atoms with Gasteiger partial charge in [-0.2, -0.15) is 5.10 Å². The lowest BCUT2D eigenvalue weighted by Crippen LogP contribution is -2.29. The summed E-state index contributed by atoms with van der Waals surface area (Å²) in [6.45, 7) is 3.88. The lowest BCUT2D eigenvalue weighted by molar-refractivity contribution is -0.117. The summed E-state index contributed by atoms with van der Waals surface area (Å²) in [5, 5.41) is 7.85. The van der Waals surface area contributed by atoms with Crippen molar-refractivity contribution in [3.05, 3.63) is 62.4 Å². The molecule has 1 aliphatic carbocycles. The first-order valence-electron chi connectivity index (χ1n) is 9.44. The smallest absolute Gasteiger partial charge is 0.267 e. The number of hydrogen-bond acceptors (Lipinski definition) is 5. The second-order valence-corrected chi connectivity index (χ2v) is 8.26. The predicted octanol–water partition coefficient (Wildman–Crippen LogP) is 3.50. The van der Waals surface area contributed by atoms with Crippen LogP contribution in [0.25, 0.3) is 11.3 Å². The molecular formula is C21H22N4O2S. The van der Waals surface area contributed by atoms with Gasteiger partial charge < -0.3 is 5.32 Å². The first kappa shape index (κ1) is 18.6. The van der Waals surface area contributed by atoms with Gasteiger partial charge in [-0.25, -0.2) is 9.67 Å². The topological polar surface area (TPSA) is 76.9 Å². The van der Waals surface area contributed by atoms with Crippen molar-refractivity contribution in [1.82, 2.24) is 14.8 Å². The Hall–Kier alpha value is -2.80. The van der Waals surface area contributed by atoms with E-state index in [2.05, 4.69) is 15.4 Å². The fourth-order valence-electron chi connectivity index (χ4n) is 3.42. The number of carbonyl (C=O) groups is 1. The lowest BCUT2D eigenvalue weighted by atomic mass is 10.0. The van der Waals surface area contributed by atoms with E-state index in [1.807, 2.05) is 32.0 Å². The predicted molar refractivity (Wildman–Crippen MR) is 111 cm³/mol. The van der Waals surface area contributed by atoms with Gasteiger partial charge in [-0.3, -0.25) is 9.59 Å². The number of nitrogens with one attached hydrogen (secondary N) is 1. The van der Waals surface area contributed by atoms with Gasteiger partial charge in [0, 0.05) is 16.5 Å². The van der Waals surface area contributed by atoms with Crippen molar-refractivity contribution in [2.45, 2.75) is 46.1 Å². The van der Waals surface area contributed by atoms with Gasteiger partial charge in [0.2, 0.25) is 5.91 Å². The van der Waals surface area contributed by atoms with Crippen LogP contribution in [0.1, 0.15) is 34.5 Å². The van der Waals surface area contributed by atoms with E-state index in [1.165, 1.54) is 33.4 Å². The van der Waals surface area contributed by atoms with Crippen molar-refractivity contribution in [2.24, 2.45) is 0 Å². The molecule has 1 amide bonds. The van der Waals surface area contributed by atoms with Crippen LogP contribution in [-0.4, -0.2) is 20.7 Å². The summed E-state index contributed by atoms with van der Waals surface area (Å²) in [6, 6.07) is 9.26. The van der Waals surface area contributed by atoms with E-state index in [1.54, 1.807) is 6.07 Å². The molecule has 28 heavy (non-hydrogen) atoms. The number of nitrogens with zero attached hydrogens (tertiary/aromatic N) is 3. The summed E-state index contributed by atoms with van der Waals surface area (Å²) in [5.41, 5.74) is 4.62. The molecule has 0 radical (unpaired) electrons. The van der Waals surface area contributed by atoms with Crippen LogP contribution in [0, 0.1) is 13.8 Å². The second-order valence-electron chi connectivity index (χ2n) is 7.18. The van der Waals surface area contributed by atoms with Gasteiger partial charge in [-0.15, -0.1) is 11.3 Å². The molecule has 2 heterocycles. The third kappa shape index (κ3) is 3.89. The molecule has 0 spiro atoms. The number of rotatable bonds is 4. The fraction of sp³-hybridized carbons (Fsp3) is 0.333. The Morgan fingerprint density at radius 1 is 1.18 bits per heavy atom. The maximum atomic E-state index is 12.5. The van der Waals surface area contributed by atoms with Crippen LogP contribution in [0.4, 0.5) is 5.13 Å². The fourth-order valence-corrected chi connectivity index (χ4v) is 4.48. The van der Waals surface area contributed by atoms with Crippen molar-refractivity contribution in [2.75, 3.05) is 5.32 Å². The molecule has 2 aromatic heterocycles. The van der Waals surface area contributed by atoms with Crippen molar-refractivity contribution in [3.8, 4) is 11.3 Å². The van der Waals surface area contributed by atoms with Crippen LogP contribution < -0.4 is 10.9 Å². The van der Waals surface area contributed by atoms with E-state index in [9.17, 15) is 9.59 Å². The number of thiazole rings is 1. The summed E-state index contributed by atoms with van der Waals surface area (Å²) in [6.07, 6.45) is 4.32. The van der Waals surface area contributed by atoms with Crippen LogP contribution in [0.5, 0.6) is 0 Å². The van der Waals surface area contributed by atoms with Crippen molar-refractivity contribution in [3.63, 3.8) is 0 Å². The number of anilines is 1. The molecule has 1 N–H and O–H groups in total. The zero-order valence-electron chi connectivity index (χ0n) is 16.0. The molecule has 0 unspecified atom stereocenters. The first-order valence-corrected chi connectivity index (χ1v) is 10.3. The molecule has 1 aromatic carbocycles. The van der Waals surface area contributed by atoms with E-state index in [4.69, 9.17) is 0 Å². The van der Waals surface area contributed by atoms with Crippen LogP contribution >= 0.6 is 11.3 Å². The number of benzene rings is 1. The Morgan fingerprint density at radius 2 is 2.00 bits per heavy atom. The van der Waals surface area contributed by atoms with Crippen LogP contribution in [0.15, 0.2) is 35.1 Å².